The van der Waals surface area contributed by atoms with Gasteiger partial charge in [0.2, 0.25) is 5.65 Å². The number of hydrogen-bond donors (Lipinski definition) is 1. The third-order valence-corrected chi connectivity index (χ3v) is 6.23. The molecular weight excluding hydrogens is 304 g/mol. The van der Waals surface area contributed by atoms with Crippen LogP contribution in [0.1, 0.15) is 30.5 Å². The van der Waals surface area contributed by atoms with E-state index in [2.05, 4.69) is 39.1 Å². The number of aryl methyl sites for hydroxylation is 1. The predicted octanol–water partition coefficient (Wildman–Crippen LogP) is 1.02. The minimum absolute atomic E-state index is 0.0451. The van der Waals surface area contributed by atoms with E-state index in [-0.39, 0.29) is 12.0 Å². The van der Waals surface area contributed by atoms with Crippen LogP contribution < -0.4 is 4.90 Å². The molecule has 2 aliphatic rings. The highest BCUT2D eigenvalue weighted by molar-refractivity contribution is 5.73. The average molecular weight is 330 g/mol. The topological polar surface area (TPSA) is 69.8 Å². The summed E-state index contributed by atoms with van der Waals surface area (Å²) in [6.07, 6.45) is 4.98. The number of nitrogens with zero attached hydrogens (tertiary/aromatic N) is 6. The summed E-state index contributed by atoms with van der Waals surface area (Å²) in [5.41, 5.74) is 4.20. The van der Waals surface area contributed by atoms with Crippen LogP contribution in [0.25, 0.3) is 5.65 Å². The maximum atomic E-state index is 10.1. The van der Waals surface area contributed by atoms with Crippen LogP contribution in [0.2, 0.25) is 0 Å². The van der Waals surface area contributed by atoms with Gasteiger partial charge in [-0.05, 0) is 52.3 Å². The van der Waals surface area contributed by atoms with Crippen LogP contribution in [0.3, 0.4) is 0 Å². The van der Waals surface area contributed by atoms with E-state index in [1.54, 1.807) is 10.8 Å². The number of hydrogen-bond acceptors (Lipinski definition) is 6. The summed E-state index contributed by atoms with van der Waals surface area (Å²) < 4.78 is 1.77. The highest BCUT2D eigenvalue weighted by Crippen LogP contribution is 2.43. The molecule has 0 bridgehead atoms. The van der Waals surface area contributed by atoms with Gasteiger partial charge in [-0.15, -0.1) is 10.2 Å². The Labute approximate surface area is 142 Å². The molecule has 7 heteroatoms. The van der Waals surface area contributed by atoms with Gasteiger partial charge in [0.05, 0.1) is 18.0 Å². The van der Waals surface area contributed by atoms with E-state index < -0.39 is 0 Å². The largest absolute Gasteiger partial charge is 0.396 e. The Morgan fingerprint density at radius 2 is 2.12 bits per heavy atom. The monoisotopic (exact) mass is 330 g/mol. The lowest BCUT2D eigenvalue weighted by molar-refractivity contribution is -0.0276. The van der Waals surface area contributed by atoms with Crippen molar-refractivity contribution in [2.24, 2.45) is 5.41 Å². The van der Waals surface area contributed by atoms with Gasteiger partial charge in [0, 0.05) is 24.5 Å². The van der Waals surface area contributed by atoms with Crippen molar-refractivity contribution in [2.45, 2.75) is 39.2 Å². The quantitative estimate of drug-likeness (QED) is 0.887. The first-order valence-electron chi connectivity index (χ1n) is 8.79. The predicted molar refractivity (Wildman–Crippen MR) is 92.3 cm³/mol. The van der Waals surface area contributed by atoms with Crippen molar-refractivity contribution >= 4 is 11.3 Å². The number of anilines is 1. The molecule has 130 valence electrons. The van der Waals surface area contributed by atoms with E-state index in [4.69, 9.17) is 0 Å². The van der Waals surface area contributed by atoms with Crippen LogP contribution in [0.15, 0.2) is 6.33 Å². The van der Waals surface area contributed by atoms with Crippen molar-refractivity contribution in [3.8, 4) is 0 Å². The molecule has 0 aliphatic carbocycles. The molecule has 2 atom stereocenters. The van der Waals surface area contributed by atoms with E-state index in [1.165, 1.54) is 12.0 Å². The minimum atomic E-state index is 0.0451. The first-order valence-corrected chi connectivity index (χ1v) is 8.79. The first-order chi connectivity index (χ1) is 11.6. The SMILES string of the molecule is Cc1nn2cnnc2c(N2CC[C@@]3(CO)CCCN(C)[C@@H]3C2)c1C. The Hall–Kier alpha value is -1.73. The Morgan fingerprint density at radius 1 is 1.29 bits per heavy atom. The zero-order chi connectivity index (χ0) is 16.9. The normalized spacial score (nSPS) is 28.3. The summed E-state index contributed by atoms with van der Waals surface area (Å²) in [5.74, 6) is 0. The van der Waals surface area contributed by atoms with Gasteiger partial charge in [-0.2, -0.15) is 9.61 Å². The Balaban J connectivity index is 1.74. The van der Waals surface area contributed by atoms with Crippen LogP contribution in [0, 0.1) is 19.3 Å². The van der Waals surface area contributed by atoms with Gasteiger partial charge in [0.15, 0.2) is 0 Å². The molecule has 0 amide bonds. The molecule has 0 spiro atoms. The Morgan fingerprint density at radius 3 is 2.92 bits per heavy atom. The molecule has 0 aromatic carbocycles. The van der Waals surface area contributed by atoms with Crippen molar-refractivity contribution < 1.29 is 5.11 Å². The molecule has 2 aromatic rings. The molecule has 1 N–H and O–H groups in total. The first kappa shape index (κ1) is 15.8. The summed E-state index contributed by atoms with van der Waals surface area (Å²) >= 11 is 0. The molecule has 0 unspecified atom stereocenters. The Bertz CT molecular complexity index is 759. The van der Waals surface area contributed by atoms with E-state index in [0.29, 0.717) is 6.04 Å². The van der Waals surface area contributed by atoms with E-state index in [0.717, 1.165) is 49.5 Å². The number of likely N-dealkylation sites (N-methyl/N-ethyl adjacent to an activating group) is 1. The summed E-state index contributed by atoms with van der Waals surface area (Å²) in [4.78, 5) is 4.85. The van der Waals surface area contributed by atoms with Crippen molar-refractivity contribution in [1.29, 1.82) is 0 Å². The minimum Gasteiger partial charge on any atom is -0.396 e. The average Bonchev–Trinajstić information content (AvgIpc) is 3.04. The molecule has 2 aromatic heterocycles. The Kier molecular flexibility index (Phi) is 3.73. The fourth-order valence-electron chi connectivity index (χ4n) is 4.63. The number of aromatic nitrogens is 4. The van der Waals surface area contributed by atoms with Crippen molar-refractivity contribution in [3.63, 3.8) is 0 Å². The molecule has 2 aliphatic heterocycles. The molecule has 4 rings (SSSR count). The molecule has 0 saturated carbocycles. The molecule has 7 nitrogen and oxygen atoms in total. The van der Waals surface area contributed by atoms with Crippen molar-refractivity contribution in [3.05, 3.63) is 17.6 Å². The number of rotatable bonds is 2. The fraction of sp³-hybridized carbons (Fsp3) is 0.706. The highest BCUT2D eigenvalue weighted by Gasteiger charge is 2.47. The lowest BCUT2D eigenvalue weighted by Gasteiger charge is -2.54. The van der Waals surface area contributed by atoms with E-state index in [1.807, 2.05) is 6.92 Å². The molecule has 4 heterocycles. The molecular formula is C17H26N6O. The second-order valence-corrected chi connectivity index (χ2v) is 7.47. The summed E-state index contributed by atoms with van der Waals surface area (Å²) in [7, 11) is 2.19. The lowest BCUT2D eigenvalue weighted by Crippen LogP contribution is -2.61. The lowest BCUT2D eigenvalue weighted by atomic mass is 9.69. The van der Waals surface area contributed by atoms with Crippen molar-refractivity contribution in [2.75, 3.05) is 38.2 Å². The molecule has 0 radical (unpaired) electrons. The van der Waals surface area contributed by atoms with Gasteiger partial charge >= 0.3 is 0 Å². The van der Waals surface area contributed by atoms with Crippen LogP contribution in [0.5, 0.6) is 0 Å². The zero-order valence-corrected chi connectivity index (χ0v) is 14.7. The van der Waals surface area contributed by atoms with Gasteiger partial charge in [0.25, 0.3) is 0 Å². The molecule has 24 heavy (non-hydrogen) atoms. The second kappa shape index (κ2) is 5.67. The van der Waals surface area contributed by atoms with Crippen LogP contribution >= 0.6 is 0 Å². The van der Waals surface area contributed by atoms with Gasteiger partial charge < -0.3 is 14.9 Å². The molecule has 2 saturated heterocycles. The van der Waals surface area contributed by atoms with Crippen LogP contribution in [0.4, 0.5) is 5.69 Å². The summed E-state index contributed by atoms with van der Waals surface area (Å²) in [6, 6.07) is 0.376. The smallest absolute Gasteiger partial charge is 0.201 e. The maximum Gasteiger partial charge on any atom is 0.201 e. The van der Waals surface area contributed by atoms with E-state index >= 15 is 0 Å². The zero-order valence-electron chi connectivity index (χ0n) is 14.7. The number of piperidine rings is 2. The number of likely N-dealkylation sites (tertiary alicyclic amines) is 1. The summed E-state index contributed by atoms with van der Waals surface area (Å²) in [5, 5.41) is 23.0. The van der Waals surface area contributed by atoms with E-state index in [9.17, 15) is 5.11 Å². The standard InChI is InChI=1S/C17H26N6O/c1-12-13(2)20-23-11-18-19-16(23)15(12)22-8-6-17(10-24)5-4-7-21(3)14(17)9-22/h11,14,24H,4-10H2,1-3H3/t14-,17-/m1/s1. The number of fused-ring (bicyclic) bond motifs is 2. The fourth-order valence-corrected chi connectivity index (χ4v) is 4.63. The van der Waals surface area contributed by atoms with Gasteiger partial charge in [-0.3, -0.25) is 0 Å². The van der Waals surface area contributed by atoms with Gasteiger partial charge in [-0.25, -0.2) is 0 Å². The van der Waals surface area contributed by atoms with Crippen LogP contribution in [-0.2, 0) is 0 Å². The van der Waals surface area contributed by atoms with Gasteiger partial charge in [0.1, 0.15) is 6.33 Å². The third-order valence-electron chi connectivity index (χ3n) is 6.23. The number of aliphatic hydroxyl groups is 1. The van der Waals surface area contributed by atoms with Crippen LogP contribution in [-0.4, -0.2) is 69.1 Å². The number of aliphatic hydroxyl groups excluding tert-OH is 1. The third kappa shape index (κ3) is 2.22. The van der Waals surface area contributed by atoms with Gasteiger partial charge in [-0.1, -0.05) is 0 Å². The summed E-state index contributed by atoms with van der Waals surface area (Å²) in [6.45, 7) is 7.40. The maximum absolute atomic E-state index is 10.1. The molecule has 2 fully saturated rings. The van der Waals surface area contributed by atoms with Crippen molar-refractivity contribution in [1.82, 2.24) is 24.7 Å². The second-order valence-electron chi connectivity index (χ2n) is 7.47. The highest BCUT2D eigenvalue weighted by atomic mass is 16.3.